The summed E-state index contributed by atoms with van der Waals surface area (Å²) in [6.45, 7) is 2.39. The van der Waals surface area contributed by atoms with Gasteiger partial charge in [0.15, 0.2) is 5.60 Å². The Bertz CT molecular complexity index is 1320. The molecule has 0 saturated heterocycles. The molecule has 2 aromatic carbocycles. The van der Waals surface area contributed by atoms with Gasteiger partial charge in [-0.2, -0.15) is 13.2 Å². The second-order valence-corrected chi connectivity index (χ2v) is 9.63. The van der Waals surface area contributed by atoms with Gasteiger partial charge in [0.2, 0.25) is 5.56 Å². The van der Waals surface area contributed by atoms with Gasteiger partial charge >= 0.3 is 6.18 Å². The maximum atomic E-state index is 14.4. The van der Waals surface area contributed by atoms with E-state index in [4.69, 9.17) is 16.3 Å². The van der Waals surface area contributed by atoms with E-state index in [1.165, 1.54) is 45.2 Å². The Morgan fingerprint density at radius 1 is 1.15 bits per heavy atom. The monoisotopic (exact) mass is 496 g/mol. The van der Waals surface area contributed by atoms with Gasteiger partial charge in [-0.3, -0.25) is 4.79 Å². The first kappa shape index (κ1) is 24.4. The van der Waals surface area contributed by atoms with Crippen molar-refractivity contribution < 1.29 is 28.1 Å². The molecule has 10 heteroatoms. The van der Waals surface area contributed by atoms with Crippen LogP contribution >= 0.6 is 11.6 Å². The Kier molecular flexibility index (Phi) is 5.66. The fourth-order valence-corrected chi connectivity index (χ4v) is 5.25. The molecule has 1 heterocycles. The molecule has 2 atom stereocenters. The maximum Gasteiger partial charge on any atom is 0.420 e. The predicted molar refractivity (Wildman–Crippen MR) is 124 cm³/mol. The SMILES string of the molecule is COc1c(Cl)ccc2c1C(C)(C)CC(O)(C(F)(F)F)C2(O)CNc1cccc2[nH]c(=O)ccc12. The number of aromatic amines is 1. The summed E-state index contributed by atoms with van der Waals surface area (Å²) in [7, 11) is 1.34. The molecular weight excluding hydrogens is 473 g/mol. The average Bonchev–Trinajstić information content (AvgIpc) is 2.74. The average molecular weight is 497 g/mol. The summed E-state index contributed by atoms with van der Waals surface area (Å²) in [5, 5.41) is 26.4. The number of aromatic nitrogens is 1. The van der Waals surface area contributed by atoms with Gasteiger partial charge in [-0.1, -0.05) is 37.6 Å². The van der Waals surface area contributed by atoms with Gasteiger partial charge < -0.3 is 25.3 Å². The maximum absolute atomic E-state index is 14.4. The van der Waals surface area contributed by atoms with Crippen molar-refractivity contribution in [2.45, 2.75) is 43.1 Å². The zero-order chi connectivity index (χ0) is 25.1. The van der Waals surface area contributed by atoms with Crippen molar-refractivity contribution in [1.82, 2.24) is 4.98 Å². The topological polar surface area (TPSA) is 94.6 Å². The highest BCUT2D eigenvalue weighted by molar-refractivity contribution is 6.32. The molecule has 4 rings (SSSR count). The van der Waals surface area contributed by atoms with Crippen LogP contribution in [0.5, 0.6) is 5.75 Å². The third kappa shape index (κ3) is 3.54. The summed E-state index contributed by atoms with van der Waals surface area (Å²) >= 11 is 6.26. The number of hydrogen-bond acceptors (Lipinski definition) is 5. The van der Waals surface area contributed by atoms with E-state index in [2.05, 4.69) is 10.3 Å². The van der Waals surface area contributed by atoms with Crippen molar-refractivity contribution in [2.24, 2.45) is 0 Å². The molecule has 1 aliphatic carbocycles. The minimum atomic E-state index is -5.16. The van der Waals surface area contributed by atoms with Crippen molar-refractivity contribution in [3.05, 3.63) is 69.0 Å². The van der Waals surface area contributed by atoms with Crippen molar-refractivity contribution in [2.75, 3.05) is 19.0 Å². The number of H-pyrrole nitrogens is 1. The van der Waals surface area contributed by atoms with Gasteiger partial charge in [0.1, 0.15) is 11.4 Å². The first-order valence-electron chi connectivity index (χ1n) is 10.5. The van der Waals surface area contributed by atoms with Crippen LogP contribution in [0.1, 0.15) is 31.4 Å². The van der Waals surface area contributed by atoms with E-state index in [-0.39, 0.29) is 21.9 Å². The third-order valence-corrected chi connectivity index (χ3v) is 6.88. The third-order valence-electron chi connectivity index (χ3n) is 6.59. The summed E-state index contributed by atoms with van der Waals surface area (Å²) in [5.74, 6) is 0.148. The molecule has 34 heavy (non-hydrogen) atoms. The van der Waals surface area contributed by atoms with E-state index >= 15 is 0 Å². The normalized spacial score (nSPS) is 24.0. The molecule has 4 N–H and O–H groups in total. The fraction of sp³-hybridized carbons (Fsp3) is 0.375. The number of rotatable bonds is 4. The van der Waals surface area contributed by atoms with Gasteiger partial charge in [0, 0.05) is 22.7 Å². The minimum absolute atomic E-state index is 0.133. The molecule has 0 radical (unpaired) electrons. The lowest BCUT2D eigenvalue weighted by atomic mass is 9.58. The van der Waals surface area contributed by atoms with Crippen LogP contribution in [0.2, 0.25) is 5.02 Å². The molecule has 6 nitrogen and oxygen atoms in total. The van der Waals surface area contributed by atoms with E-state index < -0.39 is 35.8 Å². The summed E-state index contributed by atoms with van der Waals surface area (Å²) < 4.78 is 48.6. The van der Waals surface area contributed by atoms with Crippen LogP contribution in [0, 0.1) is 0 Å². The van der Waals surface area contributed by atoms with Gasteiger partial charge in [0.25, 0.3) is 0 Å². The molecule has 0 aliphatic heterocycles. The number of ether oxygens (including phenoxy) is 1. The van der Waals surface area contributed by atoms with Crippen LogP contribution in [0.3, 0.4) is 0 Å². The van der Waals surface area contributed by atoms with E-state index in [1.807, 2.05) is 0 Å². The first-order chi connectivity index (χ1) is 15.7. The van der Waals surface area contributed by atoms with Crippen LogP contribution in [0.4, 0.5) is 18.9 Å². The van der Waals surface area contributed by atoms with Gasteiger partial charge in [-0.25, -0.2) is 0 Å². The lowest BCUT2D eigenvalue weighted by Crippen LogP contribution is -2.68. The fourth-order valence-electron chi connectivity index (χ4n) is 5.01. The molecule has 1 aromatic heterocycles. The number of aliphatic hydroxyl groups is 2. The summed E-state index contributed by atoms with van der Waals surface area (Å²) in [4.78, 5) is 14.3. The Morgan fingerprint density at radius 3 is 2.50 bits per heavy atom. The lowest BCUT2D eigenvalue weighted by Gasteiger charge is -2.53. The van der Waals surface area contributed by atoms with Gasteiger partial charge in [-0.15, -0.1) is 0 Å². The molecule has 0 saturated carbocycles. The Hall–Kier alpha value is -2.75. The summed E-state index contributed by atoms with van der Waals surface area (Å²) in [6, 6.07) is 10.3. The highest BCUT2D eigenvalue weighted by Crippen LogP contribution is 2.59. The second-order valence-electron chi connectivity index (χ2n) is 9.23. The predicted octanol–water partition coefficient (Wildman–Crippen LogP) is 4.46. The van der Waals surface area contributed by atoms with Crippen molar-refractivity contribution in [1.29, 1.82) is 0 Å². The van der Waals surface area contributed by atoms with E-state index in [0.717, 1.165) is 0 Å². The number of methoxy groups -OCH3 is 1. The van der Waals surface area contributed by atoms with Crippen molar-refractivity contribution >= 4 is 28.2 Å². The van der Waals surface area contributed by atoms with E-state index in [0.29, 0.717) is 22.2 Å². The standard InChI is InChI=1S/C24H24ClF3N2O4/c1-21(2)11-23(33,24(26,27)28)22(32,14-8-9-15(25)20(34-3)19(14)21)12-29-16-5-4-6-17-13(16)7-10-18(31)30-17/h4-10,29,32-33H,11-12H2,1-3H3,(H,30,31). The molecule has 0 fully saturated rings. The largest absolute Gasteiger partial charge is 0.495 e. The quantitative estimate of drug-likeness (QED) is 0.428. The zero-order valence-electron chi connectivity index (χ0n) is 18.7. The molecule has 0 bridgehead atoms. The Morgan fingerprint density at radius 2 is 1.85 bits per heavy atom. The second kappa shape index (κ2) is 7.90. The number of hydrogen-bond donors (Lipinski definition) is 4. The lowest BCUT2D eigenvalue weighted by molar-refractivity contribution is -0.330. The molecule has 1 aliphatic rings. The van der Waals surface area contributed by atoms with E-state index in [1.54, 1.807) is 18.2 Å². The van der Waals surface area contributed by atoms with Crippen LogP contribution in [-0.4, -0.2) is 40.6 Å². The Labute approximate surface area is 198 Å². The number of pyridine rings is 1. The van der Waals surface area contributed by atoms with Crippen LogP contribution in [0.15, 0.2) is 47.3 Å². The van der Waals surface area contributed by atoms with Crippen LogP contribution in [-0.2, 0) is 11.0 Å². The number of alkyl halides is 3. The van der Waals surface area contributed by atoms with E-state index in [9.17, 15) is 28.2 Å². The molecule has 182 valence electrons. The van der Waals surface area contributed by atoms with Crippen LogP contribution in [0.25, 0.3) is 10.9 Å². The number of fused-ring (bicyclic) bond motifs is 2. The molecule has 2 unspecified atom stereocenters. The number of anilines is 1. The number of benzene rings is 2. The van der Waals surface area contributed by atoms with Crippen molar-refractivity contribution in [3.8, 4) is 5.75 Å². The van der Waals surface area contributed by atoms with Crippen molar-refractivity contribution in [3.63, 3.8) is 0 Å². The van der Waals surface area contributed by atoms with Crippen LogP contribution < -0.4 is 15.6 Å². The minimum Gasteiger partial charge on any atom is -0.495 e. The summed E-state index contributed by atoms with van der Waals surface area (Å²) in [5.41, 5.74) is -6.84. The smallest absolute Gasteiger partial charge is 0.420 e. The number of halogens is 4. The van der Waals surface area contributed by atoms with Gasteiger partial charge in [0.05, 0.1) is 24.2 Å². The highest BCUT2D eigenvalue weighted by Gasteiger charge is 2.71. The van der Waals surface area contributed by atoms with Gasteiger partial charge in [-0.05, 0) is 41.7 Å². The first-order valence-corrected chi connectivity index (χ1v) is 10.9. The molecule has 3 aromatic rings. The summed E-state index contributed by atoms with van der Waals surface area (Å²) in [6.07, 6.45) is -5.98. The highest BCUT2D eigenvalue weighted by atomic mass is 35.5. The number of nitrogens with one attached hydrogen (secondary N) is 2. The molecule has 0 spiro atoms. The Balaban J connectivity index is 1.91. The zero-order valence-corrected chi connectivity index (χ0v) is 19.4. The molecular formula is C24H24ClF3N2O4. The molecule has 0 amide bonds.